The van der Waals surface area contributed by atoms with Crippen molar-refractivity contribution in [2.24, 2.45) is 5.41 Å². The Hall–Kier alpha value is -0.480. The van der Waals surface area contributed by atoms with Crippen LogP contribution in [0.3, 0.4) is 0 Å². The van der Waals surface area contributed by atoms with Crippen molar-refractivity contribution in [1.29, 1.82) is 0 Å². The van der Waals surface area contributed by atoms with Gasteiger partial charge in [-0.1, -0.05) is 12.7 Å². The van der Waals surface area contributed by atoms with Gasteiger partial charge in [-0.25, -0.2) is 0 Å². The average Bonchev–Trinajstić information content (AvgIpc) is 2.14. The molecule has 0 unspecified atom stereocenters. The summed E-state index contributed by atoms with van der Waals surface area (Å²) in [5.74, 6) is 1.09. The summed E-state index contributed by atoms with van der Waals surface area (Å²) in [5, 5.41) is 8.59. The van der Waals surface area contributed by atoms with E-state index < -0.39 is 5.41 Å². The lowest BCUT2D eigenvalue weighted by Gasteiger charge is -2.21. The van der Waals surface area contributed by atoms with Crippen molar-refractivity contribution < 1.29 is 14.6 Å². The maximum absolute atomic E-state index is 11.5. The number of thioether (sulfide) groups is 1. The first-order valence-electron chi connectivity index (χ1n) is 4.51. The highest BCUT2D eigenvalue weighted by Crippen LogP contribution is 2.23. The predicted octanol–water partition coefficient (Wildman–Crippen LogP) is 1.47. The minimum Gasteiger partial charge on any atom is -0.461 e. The monoisotopic (exact) mass is 218 g/mol. The number of rotatable bonds is 7. The van der Waals surface area contributed by atoms with Crippen molar-refractivity contribution in [3.63, 3.8) is 0 Å². The van der Waals surface area contributed by atoms with Crippen LogP contribution in [0, 0.1) is 5.41 Å². The number of aliphatic hydroxyl groups excluding tert-OH is 1. The number of carbonyl (C=O) groups is 1. The molecule has 0 aromatic heterocycles. The maximum atomic E-state index is 11.5. The number of carbonyl (C=O) groups excluding carboxylic acids is 1. The summed E-state index contributed by atoms with van der Waals surface area (Å²) in [6.45, 7) is 7.55. The van der Waals surface area contributed by atoms with Crippen LogP contribution in [0.4, 0.5) is 0 Å². The zero-order valence-corrected chi connectivity index (χ0v) is 9.60. The molecule has 3 nitrogen and oxygen atoms in total. The van der Waals surface area contributed by atoms with Crippen molar-refractivity contribution >= 4 is 17.7 Å². The molecule has 0 aromatic rings. The summed E-state index contributed by atoms with van der Waals surface area (Å²) in [4.78, 5) is 11.5. The zero-order chi connectivity index (χ0) is 11.0. The molecule has 0 fully saturated rings. The number of aliphatic hydroxyl groups is 1. The molecule has 0 aliphatic carbocycles. The summed E-state index contributed by atoms with van der Waals surface area (Å²) in [5.41, 5.74) is -0.497. The van der Waals surface area contributed by atoms with Gasteiger partial charge in [-0.15, -0.1) is 0 Å². The molecule has 14 heavy (non-hydrogen) atoms. The largest absolute Gasteiger partial charge is 0.461 e. The summed E-state index contributed by atoms with van der Waals surface area (Å²) < 4.78 is 4.95. The van der Waals surface area contributed by atoms with E-state index in [1.54, 1.807) is 17.8 Å². The molecular weight excluding hydrogens is 200 g/mol. The smallest absolute Gasteiger partial charge is 0.312 e. The summed E-state index contributed by atoms with van der Waals surface area (Å²) in [6, 6.07) is 0. The van der Waals surface area contributed by atoms with Gasteiger partial charge < -0.3 is 9.84 Å². The van der Waals surface area contributed by atoms with E-state index in [-0.39, 0.29) is 19.2 Å². The molecule has 0 amide bonds. The van der Waals surface area contributed by atoms with E-state index in [9.17, 15) is 4.79 Å². The average molecular weight is 218 g/mol. The molecule has 0 rings (SSSR count). The van der Waals surface area contributed by atoms with Crippen LogP contribution in [0.1, 0.15) is 13.8 Å². The molecule has 1 N–H and O–H groups in total. The summed E-state index contributed by atoms with van der Waals surface area (Å²) in [6.07, 6.45) is 1.55. The molecule has 82 valence electrons. The first-order valence-corrected chi connectivity index (χ1v) is 5.67. The number of hydrogen-bond donors (Lipinski definition) is 1. The molecule has 0 saturated carbocycles. The Kier molecular flexibility index (Phi) is 6.66. The van der Waals surface area contributed by atoms with E-state index >= 15 is 0 Å². The summed E-state index contributed by atoms with van der Waals surface area (Å²) >= 11 is 1.55. The third-order valence-electron chi connectivity index (χ3n) is 1.58. The Bertz CT molecular complexity index is 190. The minimum absolute atomic E-state index is 0.141. The highest BCUT2D eigenvalue weighted by Gasteiger charge is 2.28. The van der Waals surface area contributed by atoms with E-state index in [4.69, 9.17) is 9.84 Å². The lowest BCUT2D eigenvalue weighted by Crippen LogP contribution is -2.29. The lowest BCUT2D eigenvalue weighted by molar-refractivity contribution is -0.151. The van der Waals surface area contributed by atoms with Gasteiger partial charge in [0.05, 0.1) is 12.0 Å². The first-order chi connectivity index (χ1) is 6.54. The van der Waals surface area contributed by atoms with Gasteiger partial charge in [0.15, 0.2) is 0 Å². The van der Waals surface area contributed by atoms with Crippen molar-refractivity contribution in [3.8, 4) is 0 Å². The van der Waals surface area contributed by atoms with E-state index in [1.807, 2.05) is 13.8 Å². The topological polar surface area (TPSA) is 46.5 Å². The third-order valence-corrected chi connectivity index (χ3v) is 2.98. The Morgan fingerprint density at radius 2 is 2.29 bits per heavy atom. The van der Waals surface area contributed by atoms with Gasteiger partial charge in [0.25, 0.3) is 0 Å². The molecular formula is C10H18O3S. The van der Waals surface area contributed by atoms with Crippen LogP contribution in [-0.4, -0.2) is 35.8 Å². The van der Waals surface area contributed by atoms with Gasteiger partial charge in [-0.3, -0.25) is 4.79 Å². The molecule has 0 atom stereocenters. The Balaban J connectivity index is 3.89. The molecule has 0 aliphatic heterocycles. The predicted molar refractivity (Wildman–Crippen MR) is 59.3 cm³/mol. The van der Waals surface area contributed by atoms with Crippen LogP contribution in [0.15, 0.2) is 12.7 Å². The van der Waals surface area contributed by atoms with Crippen molar-refractivity contribution in [3.05, 3.63) is 12.7 Å². The number of esters is 1. The van der Waals surface area contributed by atoms with Gasteiger partial charge in [0.2, 0.25) is 0 Å². The standard InChI is InChI=1S/C10H18O3S/c1-4-6-13-9(12)10(2,3)8-14-7-5-11/h4,11H,1,5-8H2,2-3H3. The highest BCUT2D eigenvalue weighted by atomic mass is 32.2. The lowest BCUT2D eigenvalue weighted by atomic mass is 9.97. The molecule has 0 spiro atoms. The van der Waals surface area contributed by atoms with Crippen molar-refractivity contribution in [2.75, 3.05) is 24.7 Å². The van der Waals surface area contributed by atoms with Crippen LogP contribution in [-0.2, 0) is 9.53 Å². The van der Waals surface area contributed by atoms with Gasteiger partial charge in [0.1, 0.15) is 6.61 Å². The molecule has 0 bridgehead atoms. The number of hydrogen-bond acceptors (Lipinski definition) is 4. The second kappa shape index (κ2) is 6.90. The highest BCUT2D eigenvalue weighted by molar-refractivity contribution is 7.99. The van der Waals surface area contributed by atoms with Crippen LogP contribution >= 0.6 is 11.8 Å². The second-order valence-corrected chi connectivity index (χ2v) is 4.65. The zero-order valence-electron chi connectivity index (χ0n) is 8.78. The molecule has 0 aliphatic rings. The fourth-order valence-electron chi connectivity index (χ4n) is 0.781. The molecule has 4 heteroatoms. The van der Waals surface area contributed by atoms with Gasteiger partial charge in [-0.2, -0.15) is 11.8 Å². The van der Waals surface area contributed by atoms with E-state index in [1.165, 1.54) is 0 Å². The van der Waals surface area contributed by atoms with Crippen LogP contribution in [0.25, 0.3) is 0 Å². The minimum atomic E-state index is -0.497. The molecule has 0 radical (unpaired) electrons. The quantitative estimate of drug-likeness (QED) is 0.399. The molecule has 0 aromatic carbocycles. The normalized spacial score (nSPS) is 11.1. The Morgan fingerprint density at radius 3 is 2.79 bits per heavy atom. The maximum Gasteiger partial charge on any atom is 0.312 e. The van der Waals surface area contributed by atoms with Crippen LogP contribution in [0.5, 0.6) is 0 Å². The Morgan fingerprint density at radius 1 is 1.64 bits per heavy atom. The fourth-order valence-corrected chi connectivity index (χ4v) is 1.68. The van der Waals surface area contributed by atoms with Gasteiger partial charge in [0, 0.05) is 11.5 Å². The van der Waals surface area contributed by atoms with Gasteiger partial charge in [-0.05, 0) is 13.8 Å². The van der Waals surface area contributed by atoms with Crippen molar-refractivity contribution in [1.82, 2.24) is 0 Å². The SMILES string of the molecule is C=CCOC(=O)C(C)(C)CSCCO. The summed E-state index contributed by atoms with van der Waals surface area (Å²) in [7, 11) is 0. The number of ether oxygens (including phenoxy) is 1. The fraction of sp³-hybridized carbons (Fsp3) is 0.700. The van der Waals surface area contributed by atoms with Gasteiger partial charge >= 0.3 is 5.97 Å². The van der Waals surface area contributed by atoms with E-state index in [2.05, 4.69) is 6.58 Å². The first kappa shape index (κ1) is 13.5. The van der Waals surface area contributed by atoms with Crippen molar-refractivity contribution in [2.45, 2.75) is 13.8 Å². The van der Waals surface area contributed by atoms with Crippen LogP contribution < -0.4 is 0 Å². The van der Waals surface area contributed by atoms with Crippen LogP contribution in [0.2, 0.25) is 0 Å². The molecule has 0 heterocycles. The Labute approximate surface area is 89.5 Å². The van der Waals surface area contributed by atoms with E-state index in [0.29, 0.717) is 11.5 Å². The van der Waals surface area contributed by atoms with E-state index in [0.717, 1.165) is 0 Å². The second-order valence-electron chi connectivity index (χ2n) is 3.55. The molecule has 0 saturated heterocycles. The third kappa shape index (κ3) is 5.29.